The van der Waals surface area contributed by atoms with Gasteiger partial charge in [0.25, 0.3) is 0 Å². The number of fused-ring (bicyclic) bond motifs is 1. The Morgan fingerprint density at radius 2 is 1.49 bits per heavy atom. The molecule has 0 spiro atoms. The lowest BCUT2D eigenvalue weighted by molar-refractivity contribution is 0.284. The van der Waals surface area contributed by atoms with Crippen LogP contribution in [0.15, 0.2) is 88.2 Å². The van der Waals surface area contributed by atoms with Crippen LogP contribution in [0.1, 0.15) is 31.2 Å². The molecule has 39 heavy (non-hydrogen) atoms. The van der Waals surface area contributed by atoms with E-state index in [0.717, 1.165) is 60.0 Å². The number of hydrogen-bond acceptors (Lipinski definition) is 6. The fraction of sp³-hybridized carbons (Fsp3) is 0.333. The minimum atomic E-state index is -3.49. The zero-order valence-electron chi connectivity index (χ0n) is 22.1. The molecule has 3 aromatic carbocycles. The van der Waals surface area contributed by atoms with Crippen molar-refractivity contribution in [1.82, 2.24) is 14.7 Å². The van der Waals surface area contributed by atoms with E-state index in [-0.39, 0.29) is 0 Å². The van der Waals surface area contributed by atoms with Crippen LogP contribution in [0.4, 0.5) is 11.8 Å². The molecule has 0 unspecified atom stereocenters. The molecule has 1 aliphatic carbocycles. The van der Waals surface area contributed by atoms with Crippen molar-refractivity contribution in [2.24, 2.45) is 11.8 Å². The molecule has 0 bridgehead atoms. The van der Waals surface area contributed by atoms with E-state index in [4.69, 9.17) is 9.97 Å². The number of para-hydroxylation sites is 1. The summed E-state index contributed by atoms with van der Waals surface area (Å²) >= 11 is 3.35. The van der Waals surface area contributed by atoms with Gasteiger partial charge in [-0.2, -0.15) is 4.98 Å². The highest BCUT2D eigenvalue weighted by Gasteiger charge is 2.24. The predicted molar refractivity (Wildman–Crippen MR) is 161 cm³/mol. The predicted octanol–water partition coefficient (Wildman–Crippen LogP) is 6.23. The molecule has 0 atom stereocenters. The first kappa shape index (κ1) is 27.6. The number of anilines is 2. The molecule has 4 aromatic rings. The number of aromatic nitrogens is 2. The van der Waals surface area contributed by atoms with Gasteiger partial charge in [-0.25, -0.2) is 18.1 Å². The fourth-order valence-corrected chi connectivity index (χ4v) is 6.54. The van der Waals surface area contributed by atoms with Crippen LogP contribution in [0.5, 0.6) is 0 Å². The van der Waals surface area contributed by atoms with Crippen molar-refractivity contribution in [2.75, 3.05) is 30.4 Å². The minimum Gasteiger partial charge on any atom is -0.355 e. The summed E-state index contributed by atoms with van der Waals surface area (Å²) in [5.74, 6) is 2.41. The zero-order chi connectivity index (χ0) is 27.2. The van der Waals surface area contributed by atoms with Gasteiger partial charge in [0.2, 0.25) is 16.0 Å². The molecule has 5 rings (SSSR count). The third-order valence-electron chi connectivity index (χ3n) is 7.41. The molecule has 9 heteroatoms. The minimum absolute atomic E-state index is 0.299. The Balaban J connectivity index is 1.16. The van der Waals surface area contributed by atoms with Crippen molar-refractivity contribution in [1.29, 1.82) is 0 Å². The van der Waals surface area contributed by atoms with Crippen LogP contribution in [0.2, 0.25) is 0 Å². The van der Waals surface area contributed by atoms with Crippen LogP contribution in [-0.4, -0.2) is 38.5 Å². The van der Waals surface area contributed by atoms with Gasteiger partial charge in [-0.05, 0) is 79.5 Å². The monoisotopic (exact) mass is 607 g/mol. The first-order valence-corrected chi connectivity index (χ1v) is 15.7. The van der Waals surface area contributed by atoms with Crippen LogP contribution < -0.4 is 14.9 Å². The number of sulfonamides is 1. The number of rotatable bonds is 10. The number of hydrogen-bond donors (Lipinski definition) is 2. The number of nitrogens with zero attached hydrogens (tertiary/aromatic N) is 3. The van der Waals surface area contributed by atoms with Crippen LogP contribution in [0.3, 0.4) is 0 Å². The summed E-state index contributed by atoms with van der Waals surface area (Å²) in [7, 11) is -1.42. The van der Waals surface area contributed by atoms with E-state index in [0.29, 0.717) is 29.2 Å². The lowest BCUT2D eigenvalue weighted by atomic mass is 9.82. The highest BCUT2D eigenvalue weighted by Crippen LogP contribution is 2.30. The van der Waals surface area contributed by atoms with Gasteiger partial charge in [-0.15, -0.1) is 0 Å². The van der Waals surface area contributed by atoms with E-state index >= 15 is 0 Å². The van der Waals surface area contributed by atoms with Gasteiger partial charge in [0.15, 0.2) is 0 Å². The summed E-state index contributed by atoms with van der Waals surface area (Å²) in [5, 5.41) is 4.53. The van der Waals surface area contributed by atoms with Crippen molar-refractivity contribution in [2.45, 2.75) is 37.1 Å². The van der Waals surface area contributed by atoms with Crippen LogP contribution in [-0.2, 0) is 16.6 Å². The molecule has 0 amide bonds. The molecular formula is C30H34BrN5O2S. The van der Waals surface area contributed by atoms with Crippen molar-refractivity contribution >= 4 is 48.6 Å². The Kier molecular flexibility index (Phi) is 8.79. The van der Waals surface area contributed by atoms with Gasteiger partial charge in [0.1, 0.15) is 5.82 Å². The summed E-state index contributed by atoms with van der Waals surface area (Å²) < 4.78 is 28.9. The molecule has 1 saturated carbocycles. The van der Waals surface area contributed by atoms with E-state index in [9.17, 15) is 8.42 Å². The van der Waals surface area contributed by atoms with Crippen molar-refractivity contribution in [3.8, 4) is 0 Å². The molecule has 1 aromatic heterocycles. The Labute approximate surface area is 239 Å². The van der Waals surface area contributed by atoms with Gasteiger partial charge in [-0.3, -0.25) is 0 Å². The second-order valence-corrected chi connectivity index (χ2v) is 13.0. The molecular weight excluding hydrogens is 574 g/mol. The van der Waals surface area contributed by atoms with E-state index in [1.165, 1.54) is 5.56 Å². The molecule has 1 aliphatic rings. The van der Waals surface area contributed by atoms with Crippen LogP contribution in [0, 0.1) is 11.8 Å². The van der Waals surface area contributed by atoms with Gasteiger partial charge in [-0.1, -0.05) is 58.4 Å². The van der Waals surface area contributed by atoms with Gasteiger partial charge in [0.05, 0.1) is 10.4 Å². The number of benzene rings is 3. The largest absolute Gasteiger partial charge is 0.355 e. The summed E-state index contributed by atoms with van der Waals surface area (Å²) in [6.45, 7) is 2.04. The Hall–Kier alpha value is -3.01. The van der Waals surface area contributed by atoms with Gasteiger partial charge in [0, 0.05) is 36.5 Å². The Morgan fingerprint density at radius 1 is 0.846 bits per heavy atom. The summed E-state index contributed by atoms with van der Waals surface area (Å²) in [6, 6.07) is 25.3. The summed E-state index contributed by atoms with van der Waals surface area (Å²) in [5.41, 5.74) is 2.15. The molecule has 0 aliphatic heterocycles. The maximum absolute atomic E-state index is 12.6. The number of nitrogens with one attached hydrogen (secondary N) is 2. The maximum Gasteiger partial charge on any atom is 0.240 e. The molecule has 1 fully saturated rings. The van der Waals surface area contributed by atoms with Crippen molar-refractivity contribution < 1.29 is 8.42 Å². The maximum atomic E-state index is 12.6. The van der Waals surface area contributed by atoms with E-state index in [1.807, 2.05) is 24.3 Å². The van der Waals surface area contributed by atoms with Crippen molar-refractivity contribution in [3.63, 3.8) is 0 Å². The highest BCUT2D eigenvalue weighted by atomic mass is 79.9. The van der Waals surface area contributed by atoms with Crippen LogP contribution >= 0.6 is 15.9 Å². The molecule has 0 radical (unpaired) electrons. The molecule has 1 heterocycles. The normalized spacial score (nSPS) is 17.7. The standard InChI is InChI=1S/C30H34BrN5O2S/c1-36(21-24-7-3-2-4-8-24)29-27-9-5-6-10-28(27)34-30(35-29)32-19-22-11-13-23(14-12-22)20-33-39(37,38)26-17-15-25(31)16-18-26/h2-10,15-18,22-23,33H,11-14,19-21H2,1H3,(H,32,34,35)/t22-,23-. The smallest absolute Gasteiger partial charge is 0.240 e. The Morgan fingerprint density at radius 3 is 2.21 bits per heavy atom. The average molecular weight is 609 g/mol. The first-order valence-electron chi connectivity index (χ1n) is 13.4. The van der Waals surface area contributed by atoms with E-state index in [1.54, 1.807) is 24.3 Å². The first-order chi connectivity index (χ1) is 18.9. The molecule has 0 saturated heterocycles. The molecule has 204 valence electrons. The van der Waals surface area contributed by atoms with E-state index < -0.39 is 10.0 Å². The fourth-order valence-electron chi connectivity index (χ4n) is 5.16. The second kappa shape index (κ2) is 12.4. The van der Waals surface area contributed by atoms with Crippen LogP contribution in [0.25, 0.3) is 10.9 Å². The zero-order valence-corrected chi connectivity index (χ0v) is 24.5. The van der Waals surface area contributed by atoms with E-state index in [2.05, 4.69) is 68.2 Å². The van der Waals surface area contributed by atoms with Gasteiger partial charge >= 0.3 is 0 Å². The lowest BCUT2D eigenvalue weighted by Gasteiger charge is -2.29. The molecule has 2 N–H and O–H groups in total. The average Bonchev–Trinajstić information content (AvgIpc) is 2.96. The van der Waals surface area contributed by atoms with Crippen molar-refractivity contribution in [3.05, 3.63) is 88.9 Å². The lowest BCUT2D eigenvalue weighted by Crippen LogP contribution is -2.32. The highest BCUT2D eigenvalue weighted by molar-refractivity contribution is 9.10. The second-order valence-electron chi connectivity index (χ2n) is 10.3. The quantitative estimate of drug-likeness (QED) is 0.222. The topological polar surface area (TPSA) is 87.2 Å². The van der Waals surface area contributed by atoms with Gasteiger partial charge < -0.3 is 10.2 Å². The Bertz CT molecular complexity index is 1490. The summed E-state index contributed by atoms with van der Waals surface area (Å²) in [6.07, 6.45) is 4.09. The molecule has 7 nitrogen and oxygen atoms in total. The number of halogens is 1. The third-order valence-corrected chi connectivity index (χ3v) is 9.38. The SMILES string of the molecule is CN(Cc1ccccc1)c1nc(NC[C@H]2CC[C@H](CNS(=O)(=O)c3ccc(Br)cc3)CC2)nc2ccccc12. The third kappa shape index (κ3) is 7.15. The summed E-state index contributed by atoms with van der Waals surface area (Å²) in [4.78, 5) is 12.2.